The van der Waals surface area contributed by atoms with Crippen molar-refractivity contribution >= 4 is 17.5 Å². The van der Waals surface area contributed by atoms with Gasteiger partial charge in [0, 0.05) is 11.6 Å². The van der Waals surface area contributed by atoms with Crippen LogP contribution in [0.25, 0.3) is 0 Å². The fourth-order valence-corrected chi connectivity index (χ4v) is 2.78. The maximum absolute atomic E-state index is 11.9. The molecule has 1 amide bonds. The summed E-state index contributed by atoms with van der Waals surface area (Å²) < 4.78 is 10.5. The predicted octanol–water partition coefficient (Wildman–Crippen LogP) is 2.85. The largest absolute Gasteiger partial charge is 0.493 e. The molecule has 0 bridgehead atoms. The van der Waals surface area contributed by atoms with E-state index < -0.39 is 0 Å². The molecule has 2 N–H and O–H groups in total. The molecule has 0 unspecified atom stereocenters. The molecule has 0 aliphatic heterocycles. The first-order valence-corrected chi connectivity index (χ1v) is 8.93. The zero-order valence-electron chi connectivity index (χ0n) is 15.2. The van der Waals surface area contributed by atoms with E-state index in [-0.39, 0.29) is 5.91 Å². The van der Waals surface area contributed by atoms with Crippen LogP contribution in [0.5, 0.6) is 11.5 Å². The highest BCUT2D eigenvalue weighted by Gasteiger charge is 2.05. The minimum absolute atomic E-state index is 0.0145. The number of amides is 1. The number of nitrogens with one attached hydrogen (secondary N) is 2. The SMILES string of the molecule is COc1ccc(CCNCC(=O)NCCc2cccc(Cl)c2)cc1OC. The molecule has 5 nitrogen and oxygen atoms in total. The van der Waals surface area contributed by atoms with E-state index in [1.165, 1.54) is 0 Å². The summed E-state index contributed by atoms with van der Waals surface area (Å²) in [5, 5.41) is 6.77. The van der Waals surface area contributed by atoms with E-state index in [1.807, 2.05) is 42.5 Å². The molecule has 0 aliphatic rings. The van der Waals surface area contributed by atoms with E-state index in [9.17, 15) is 4.79 Å². The Bertz CT molecular complexity index is 722. The summed E-state index contributed by atoms with van der Waals surface area (Å²) in [4.78, 5) is 11.9. The smallest absolute Gasteiger partial charge is 0.233 e. The van der Waals surface area contributed by atoms with Gasteiger partial charge >= 0.3 is 0 Å². The number of hydrogen-bond donors (Lipinski definition) is 2. The van der Waals surface area contributed by atoms with Crippen molar-refractivity contribution in [3.8, 4) is 11.5 Å². The van der Waals surface area contributed by atoms with Crippen molar-refractivity contribution in [2.75, 3.05) is 33.9 Å². The average Bonchev–Trinajstić information content (AvgIpc) is 2.65. The van der Waals surface area contributed by atoms with Crippen molar-refractivity contribution in [3.05, 3.63) is 58.6 Å². The van der Waals surface area contributed by atoms with Gasteiger partial charge in [0.2, 0.25) is 5.91 Å². The summed E-state index contributed by atoms with van der Waals surface area (Å²) in [5.41, 5.74) is 2.23. The first-order chi connectivity index (χ1) is 12.6. The second-order valence-electron chi connectivity index (χ2n) is 5.85. The summed E-state index contributed by atoms with van der Waals surface area (Å²) in [6, 6.07) is 13.5. The summed E-state index contributed by atoms with van der Waals surface area (Å²) in [5.74, 6) is 1.41. The zero-order valence-corrected chi connectivity index (χ0v) is 15.9. The molecular weight excluding hydrogens is 352 g/mol. The topological polar surface area (TPSA) is 59.6 Å². The molecule has 140 valence electrons. The molecule has 26 heavy (non-hydrogen) atoms. The van der Waals surface area contributed by atoms with Crippen molar-refractivity contribution in [3.63, 3.8) is 0 Å². The molecule has 2 rings (SSSR count). The van der Waals surface area contributed by atoms with Gasteiger partial charge in [0.15, 0.2) is 11.5 Å². The number of hydrogen-bond acceptors (Lipinski definition) is 4. The molecule has 6 heteroatoms. The van der Waals surface area contributed by atoms with E-state index in [1.54, 1.807) is 14.2 Å². The highest BCUT2D eigenvalue weighted by Crippen LogP contribution is 2.27. The lowest BCUT2D eigenvalue weighted by Gasteiger charge is -2.10. The molecular formula is C20H25ClN2O3. The lowest BCUT2D eigenvalue weighted by Crippen LogP contribution is -2.35. The van der Waals surface area contributed by atoms with E-state index in [0.29, 0.717) is 36.2 Å². The molecule has 0 aromatic heterocycles. The fourth-order valence-electron chi connectivity index (χ4n) is 2.57. The van der Waals surface area contributed by atoms with Gasteiger partial charge in [0.05, 0.1) is 20.8 Å². The average molecular weight is 377 g/mol. The van der Waals surface area contributed by atoms with Gasteiger partial charge in [-0.05, 0) is 54.8 Å². The van der Waals surface area contributed by atoms with Crippen molar-refractivity contribution < 1.29 is 14.3 Å². The van der Waals surface area contributed by atoms with E-state index in [4.69, 9.17) is 21.1 Å². The van der Waals surface area contributed by atoms with Gasteiger partial charge in [0.1, 0.15) is 0 Å². The van der Waals surface area contributed by atoms with E-state index >= 15 is 0 Å². The van der Waals surface area contributed by atoms with Crippen molar-refractivity contribution in [2.45, 2.75) is 12.8 Å². The van der Waals surface area contributed by atoms with Gasteiger partial charge in [-0.1, -0.05) is 29.8 Å². The van der Waals surface area contributed by atoms with Crippen molar-refractivity contribution in [2.24, 2.45) is 0 Å². The van der Waals surface area contributed by atoms with Gasteiger partial charge in [-0.3, -0.25) is 4.79 Å². The summed E-state index contributed by atoms with van der Waals surface area (Å²) in [6.45, 7) is 1.59. The fraction of sp³-hybridized carbons (Fsp3) is 0.350. The van der Waals surface area contributed by atoms with Crippen LogP contribution in [-0.2, 0) is 17.6 Å². The lowest BCUT2D eigenvalue weighted by atomic mass is 10.1. The van der Waals surface area contributed by atoms with Crippen molar-refractivity contribution in [1.29, 1.82) is 0 Å². The number of carbonyl (C=O) groups is 1. The predicted molar refractivity (Wildman–Crippen MR) is 104 cm³/mol. The van der Waals surface area contributed by atoms with Crippen LogP contribution >= 0.6 is 11.6 Å². The van der Waals surface area contributed by atoms with Gasteiger partial charge < -0.3 is 20.1 Å². The van der Waals surface area contributed by atoms with Gasteiger partial charge in [0.25, 0.3) is 0 Å². The zero-order chi connectivity index (χ0) is 18.8. The van der Waals surface area contributed by atoms with Gasteiger partial charge in [-0.15, -0.1) is 0 Å². The number of rotatable bonds is 10. The van der Waals surface area contributed by atoms with E-state index in [0.717, 1.165) is 24.0 Å². The van der Waals surface area contributed by atoms with Crippen LogP contribution in [0.2, 0.25) is 5.02 Å². The van der Waals surface area contributed by atoms with E-state index in [2.05, 4.69) is 10.6 Å². The second kappa shape index (κ2) is 10.7. The van der Waals surface area contributed by atoms with Gasteiger partial charge in [-0.25, -0.2) is 0 Å². The first kappa shape index (κ1) is 20.1. The number of ether oxygens (including phenoxy) is 2. The minimum Gasteiger partial charge on any atom is -0.493 e. The monoisotopic (exact) mass is 376 g/mol. The first-order valence-electron chi connectivity index (χ1n) is 8.55. The molecule has 0 radical (unpaired) electrons. The Kier molecular flexibility index (Phi) is 8.25. The number of benzene rings is 2. The molecule has 2 aromatic carbocycles. The Balaban J connectivity index is 1.64. The Labute approximate surface area is 159 Å². The van der Waals surface area contributed by atoms with Crippen LogP contribution in [0.1, 0.15) is 11.1 Å². The maximum atomic E-state index is 11.9. The van der Waals surface area contributed by atoms with Crippen LogP contribution in [0.4, 0.5) is 0 Å². The number of halogens is 1. The molecule has 0 saturated carbocycles. The molecule has 0 atom stereocenters. The van der Waals surface area contributed by atoms with Crippen LogP contribution in [0, 0.1) is 0 Å². The third-order valence-electron chi connectivity index (χ3n) is 3.95. The highest BCUT2D eigenvalue weighted by molar-refractivity contribution is 6.30. The minimum atomic E-state index is -0.0145. The molecule has 0 aliphatic carbocycles. The maximum Gasteiger partial charge on any atom is 0.233 e. The van der Waals surface area contributed by atoms with Gasteiger partial charge in [-0.2, -0.15) is 0 Å². The molecule has 0 spiro atoms. The number of methoxy groups -OCH3 is 2. The molecule has 0 saturated heterocycles. The third-order valence-corrected chi connectivity index (χ3v) is 4.18. The van der Waals surface area contributed by atoms with Crippen molar-refractivity contribution in [1.82, 2.24) is 10.6 Å². The summed E-state index contributed by atoms with van der Waals surface area (Å²) in [6.07, 6.45) is 1.56. The Morgan fingerprint density at radius 2 is 1.69 bits per heavy atom. The Morgan fingerprint density at radius 3 is 2.42 bits per heavy atom. The highest BCUT2D eigenvalue weighted by atomic mass is 35.5. The molecule has 2 aromatic rings. The molecule has 0 fully saturated rings. The van der Waals surface area contributed by atoms with Crippen LogP contribution in [0.3, 0.4) is 0 Å². The molecule has 0 heterocycles. The quantitative estimate of drug-likeness (QED) is 0.626. The normalized spacial score (nSPS) is 10.4. The Morgan fingerprint density at radius 1 is 0.962 bits per heavy atom. The standard InChI is InChI=1S/C20H25ClN2O3/c1-25-18-7-6-16(13-19(18)26-2)8-10-22-14-20(24)23-11-9-15-4-3-5-17(21)12-15/h3-7,12-13,22H,8-11,14H2,1-2H3,(H,23,24). The lowest BCUT2D eigenvalue weighted by molar-refractivity contribution is -0.120. The summed E-state index contributed by atoms with van der Waals surface area (Å²) in [7, 11) is 3.23. The Hall–Kier alpha value is -2.24. The van der Waals surface area contributed by atoms with Crippen LogP contribution in [-0.4, -0.2) is 39.8 Å². The van der Waals surface area contributed by atoms with Crippen LogP contribution < -0.4 is 20.1 Å². The number of carbonyl (C=O) groups excluding carboxylic acids is 1. The second-order valence-corrected chi connectivity index (χ2v) is 6.28. The summed E-state index contributed by atoms with van der Waals surface area (Å²) >= 11 is 5.95. The third kappa shape index (κ3) is 6.58. The van der Waals surface area contributed by atoms with Crippen LogP contribution in [0.15, 0.2) is 42.5 Å².